The third-order valence-corrected chi connectivity index (χ3v) is 4.90. The van der Waals surface area contributed by atoms with Gasteiger partial charge in [-0.25, -0.2) is 19.9 Å². The van der Waals surface area contributed by atoms with Crippen LogP contribution >= 0.6 is 0 Å². The Morgan fingerprint density at radius 1 is 1.00 bits per heavy atom. The van der Waals surface area contributed by atoms with Crippen LogP contribution in [0, 0.1) is 0 Å². The van der Waals surface area contributed by atoms with Crippen LogP contribution in [0.15, 0.2) is 61.1 Å². The van der Waals surface area contributed by atoms with Crippen molar-refractivity contribution in [2.75, 3.05) is 18.4 Å². The number of aromatic nitrogens is 4. The highest BCUT2D eigenvalue weighted by atomic mass is 16.2. The van der Waals surface area contributed by atoms with Gasteiger partial charge in [-0.2, -0.15) is 0 Å². The van der Waals surface area contributed by atoms with Gasteiger partial charge in [-0.1, -0.05) is 30.3 Å². The van der Waals surface area contributed by atoms with Crippen LogP contribution in [0.25, 0.3) is 0 Å². The molecule has 1 fully saturated rings. The second kappa shape index (κ2) is 8.56. The highest BCUT2D eigenvalue weighted by Gasteiger charge is 2.28. The second-order valence-electron chi connectivity index (χ2n) is 6.81. The molecule has 1 saturated heterocycles. The lowest BCUT2D eigenvalue weighted by Crippen LogP contribution is -2.28. The maximum atomic E-state index is 12.6. The number of likely N-dealkylation sites (tertiary alicyclic amines) is 1. The number of carbonyl (C=O) groups is 1. The molecule has 7 heteroatoms. The van der Waals surface area contributed by atoms with Crippen LogP contribution in [0.1, 0.15) is 30.0 Å². The summed E-state index contributed by atoms with van der Waals surface area (Å²) in [6.45, 7) is 1.47. The maximum Gasteiger partial charge on any atom is 0.229 e. The van der Waals surface area contributed by atoms with Gasteiger partial charge in [0.1, 0.15) is 0 Å². The van der Waals surface area contributed by atoms with E-state index in [-0.39, 0.29) is 11.8 Å². The van der Waals surface area contributed by atoms with Crippen molar-refractivity contribution in [3.05, 3.63) is 72.3 Å². The monoisotopic (exact) mass is 374 g/mol. The number of carbonyl (C=O) groups excluding carboxylic acids is 1. The summed E-state index contributed by atoms with van der Waals surface area (Å²) in [5, 5.41) is 3.02. The first kappa shape index (κ1) is 18.0. The molecule has 0 spiro atoms. The van der Waals surface area contributed by atoms with E-state index in [2.05, 4.69) is 37.4 Å². The zero-order valence-electron chi connectivity index (χ0n) is 15.5. The highest BCUT2D eigenvalue weighted by molar-refractivity contribution is 5.76. The number of hydrogen-bond acceptors (Lipinski definition) is 6. The van der Waals surface area contributed by atoms with Gasteiger partial charge in [0.05, 0.1) is 5.69 Å². The van der Waals surface area contributed by atoms with Gasteiger partial charge in [0.2, 0.25) is 17.8 Å². The van der Waals surface area contributed by atoms with E-state index in [1.54, 1.807) is 24.7 Å². The van der Waals surface area contributed by atoms with Crippen LogP contribution in [0.4, 0.5) is 11.9 Å². The zero-order chi connectivity index (χ0) is 19.2. The van der Waals surface area contributed by atoms with Crippen molar-refractivity contribution >= 4 is 17.8 Å². The Bertz CT molecular complexity index is 918. The third-order valence-electron chi connectivity index (χ3n) is 4.90. The lowest BCUT2D eigenvalue weighted by Gasteiger charge is -2.16. The van der Waals surface area contributed by atoms with Gasteiger partial charge in [0, 0.05) is 44.0 Å². The normalized spacial score (nSPS) is 16.1. The molecule has 7 nitrogen and oxygen atoms in total. The quantitative estimate of drug-likeness (QED) is 0.714. The highest BCUT2D eigenvalue weighted by Crippen LogP contribution is 2.27. The van der Waals surface area contributed by atoms with E-state index in [4.69, 9.17) is 0 Å². The van der Waals surface area contributed by atoms with E-state index in [1.165, 1.54) is 5.56 Å². The molecule has 1 aromatic carbocycles. The molecule has 0 radical (unpaired) electrons. The van der Waals surface area contributed by atoms with Gasteiger partial charge in [0.25, 0.3) is 0 Å². The van der Waals surface area contributed by atoms with Gasteiger partial charge in [0.15, 0.2) is 0 Å². The van der Waals surface area contributed by atoms with Crippen LogP contribution in [-0.4, -0.2) is 43.8 Å². The number of anilines is 2. The van der Waals surface area contributed by atoms with E-state index >= 15 is 0 Å². The summed E-state index contributed by atoms with van der Waals surface area (Å²) in [5.74, 6) is 1.36. The van der Waals surface area contributed by atoms with E-state index in [0.717, 1.165) is 25.1 Å². The first-order chi connectivity index (χ1) is 13.8. The van der Waals surface area contributed by atoms with E-state index in [1.807, 2.05) is 29.2 Å². The molecule has 28 heavy (non-hydrogen) atoms. The number of amides is 1. The Labute approximate surface area is 163 Å². The van der Waals surface area contributed by atoms with Gasteiger partial charge < -0.3 is 4.90 Å². The summed E-state index contributed by atoms with van der Waals surface area (Å²) in [5.41, 5.74) is 2.13. The second-order valence-corrected chi connectivity index (χ2v) is 6.81. The summed E-state index contributed by atoms with van der Waals surface area (Å²) >= 11 is 0. The van der Waals surface area contributed by atoms with Gasteiger partial charge >= 0.3 is 0 Å². The molecule has 3 aromatic rings. The Kier molecular flexibility index (Phi) is 5.51. The average molecular weight is 374 g/mol. The Morgan fingerprint density at radius 2 is 1.79 bits per heavy atom. The van der Waals surface area contributed by atoms with Crippen LogP contribution < -0.4 is 5.32 Å². The SMILES string of the molecule is O=C(CCc1ccccc1)N1CCC(c2ccnc(Nc3ncccn3)n2)C1. The molecular weight excluding hydrogens is 352 g/mol. The fourth-order valence-corrected chi connectivity index (χ4v) is 3.41. The van der Waals surface area contributed by atoms with Crippen LogP contribution in [-0.2, 0) is 11.2 Å². The number of benzene rings is 1. The van der Waals surface area contributed by atoms with Crippen LogP contribution in [0.3, 0.4) is 0 Å². The van der Waals surface area contributed by atoms with Gasteiger partial charge in [-0.05, 0) is 30.5 Å². The molecule has 1 amide bonds. The molecule has 0 aliphatic carbocycles. The number of aryl methyl sites for hydroxylation is 1. The Hall–Kier alpha value is -3.35. The molecule has 1 unspecified atom stereocenters. The smallest absolute Gasteiger partial charge is 0.229 e. The van der Waals surface area contributed by atoms with E-state index in [0.29, 0.717) is 24.9 Å². The minimum atomic E-state index is 0.205. The topological polar surface area (TPSA) is 83.9 Å². The predicted octanol–water partition coefficient (Wildman–Crippen LogP) is 2.96. The molecule has 1 N–H and O–H groups in total. The first-order valence-electron chi connectivity index (χ1n) is 9.46. The van der Waals surface area contributed by atoms with Crippen molar-refractivity contribution in [3.8, 4) is 0 Å². The molecule has 3 heterocycles. The fourth-order valence-electron chi connectivity index (χ4n) is 3.41. The van der Waals surface area contributed by atoms with Gasteiger partial charge in [-0.15, -0.1) is 0 Å². The fraction of sp³-hybridized carbons (Fsp3) is 0.286. The minimum Gasteiger partial charge on any atom is -0.342 e. The van der Waals surface area contributed by atoms with Crippen molar-refractivity contribution in [1.82, 2.24) is 24.8 Å². The molecule has 142 valence electrons. The number of nitrogens with zero attached hydrogens (tertiary/aromatic N) is 5. The standard InChI is InChI=1S/C21H22N6O/c28-19(8-7-16-5-2-1-3-6-16)27-14-10-17(15-27)18-9-13-24-21(25-18)26-20-22-11-4-12-23-20/h1-6,9,11-13,17H,7-8,10,14-15H2,(H,22,23,24,25,26). The lowest BCUT2D eigenvalue weighted by atomic mass is 10.1. The van der Waals surface area contributed by atoms with Crippen LogP contribution in [0.5, 0.6) is 0 Å². The van der Waals surface area contributed by atoms with Gasteiger partial charge in [-0.3, -0.25) is 10.1 Å². The number of rotatable bonds is 6. The Morgan fingerprint density at radius 3 is 2.61 bits per heavy atom. The van der Waals surface area contributed by atoms with Crippen molar-refractivity contribution in [2.24, 2.45) is 0 Å². The summed E-state index contributed by atoms with van der Waals surface area (Å²) in [7, 11) is 0. The molecule has 1 atom stereocenters. The predicted molar refractivity (Wildman–Crippen MR) is 106 cm³/mol. The molecule has 4 rings (SSSR count). The maximum absolute atomic E-state index is 12.6. The number of nitrogens with one attached hydrogen (secondary N) is 1. The van der Waals surface area contributed by atoms with Crippen molar-refractivity contribution in [3.63, 3.8) is 0 Å². The van der Waals surface area contributed by atoms with E-state index in [9.17, 15) is 4.79 Å². The molecule has 1 aliphatic rings. The van der Waals surface area contributed by atoms with Crippen molar-refractivity contribution in [2.45, 2.75) is 25.2 Å². The molecular formula is C21H22N6O. The third kappa shape index (κ3) is 4.49. The Balaban J connectivity index is 1.34. The van der Waals surface area contributed by atoms with E-state index < -0.39 is 0 Å². The summed E-state index contributed by atoms with van der Waals surface area (Å²) in [6.07, 6.45) is 7.28. The summed E-state index contributed by atoms with van der Waals surface area (Å²) < 4.78 is 0. The number of hydrogen-bond donors (Lipinski definition) is 1. The summed E-state index contributed by atoms with van der Waals surface area (Å²) in [6, 6.07) is 13.8. The summed E-state index contributed by atoms with van der Waals surface area (Å²) in [4.78, 5) is 31.6. The molecule has 1 aliphatic heterocycles. The molecule has 2 aromatic heterocycles. The molecule has 0 bridgehead atoms. The van der Waals surface area contributed by atoms with Crippen molar-refractivity contribution in [1.29, 1.82) is 0 Å². The lowest BCUT2D eigenvalue weighted by molar-refractivity contribution is -0.130. The largest absolute Gasteiger partial charge is 0.342 e. The first-order valence-corrected chi connectivity index (χ1v) is 9.46. The molecule has 0 saturated carbocycles. The van der Waals surface area contributed by atoms with Crippen molar-refractivity contribution < 1.29 is 4.79 Å². The zero-order valence-corrected chi connectivity index (χ0v) is 15.5. The minimum absolute atomic E-state index is 0.205. The van der Waals surface area contributed by atoms with Crippen LogP contribution in [0.2, 0.25) is 0 Å². The average Bonchev–Trinajstić information content (AvgIpc) is 3.24.